The fourth-order valence-electron chi connectivity index (χ4n) is 3.10. The van der Waals surface area contributed by atoms with Crippen molar-refractivity contribution in [1.82, 2.24) is 10.2 Å². The molecule has 2 N–H and O–H groups in total. The summed E-state index contributed by atoms with van der Waals surface area (Å²) in [5.74, 6) is 1.60. The van der Waals surface area contributed by atoms with Gasteiger partial charge in [-0.05, 0) is 46.0 Å². The third-order valence-corrected chi connectivity index (χ3v) is 5.11. The first kappa shape index (κ1) is 20.8. The topological polar surface area (TPSA) is 44.7 Å². The largest absolute Gasteiger partial charge is 0.503 e. The molecule has 2 aliphatic rings. The molecule has 132 valence electrons. The van der Waals surface area contributed by atoms with E-state index in [1.165, 1.54) is 24.8 Å². The van der Waals surface area contributed by atoms with Crippen LogP contribution in [0.2, 0.25) is 0 Å². The van der Waals surface area contributed by atoms with Crippen molar-refractivity contribution in [1.29, 1.82) is 0 Å². The molecule has 0 amide bonds. The number of phenolic OH excluding ortho intramolecular Hbond substituents is 1. The summed E-state index contributed by atoms with van der Waals surface area (Å²) in [6.07, 6.45) is 3.93. The zero-order valence-corrected chi connectivity index (χ0v) is 16.5. The smallest absolute Gasteiger partial charge is 0.172 e. The summed E-state index contributed by atoms with van der Waals surface area (Å²) < 4.78 is 6.03. The van der Waals surface area contributed by atoms with Crippen LogP contribution < -0.4 is 10.1 Å². The fraction of sp³-hybridized carbons (Fsp3) is 0.625. The number of phenols is 1. The number of ether oxygens (including phenoxy) is 1. The van der Waals surface area contributed by atoms with Gasteiger partial charge in [-0.3, -0.25) is 4.90 Å². The summed E-state index contributed by atoms with van der Waals surface area (Å²) in [5.41, 5.74) is 1.24. The van der Waals surface area contributed by atoms with Crippen molar-refractivity contribution in [2.45, 2.75) is 25.3 Å². The predicted octanol–water partition coefficient (Wildman–Crippen LogP) is 3.75. The Balaban J connectivity index is 0.00000132. The summed E-state index contributed by atoms with van der Waals surface area (Å²) in [4.78, 5) is 2.56. The number of halogens is 3. The van der Waals surface area contributed by atoms with Gasteiger partial charge in [0.1, 0.15) is 0 Å². The quantitative estimate of drug-likeness (QED) is 0.750. The third-order valence-electron chi connectivity index (χ3n) is 4.50. The van der Waals surface area contributed by atoms with Gasteiger partial charge < -0.3 is 15.2 Å². The fourth-order valence-corrected chi connectivity index (χ4v) is 3.56. The zero-order chi connectivity index (χ0) is 14.8. The molecule has 1 aromatic carbocycles. The predicted molar refractivity (Wildman–Crippen MR) is 101 cm³/mol. The highest BCUT2D eigenvalue weighted by Gasteiger charge is 2.31. The van der Waals surface area contributed by atoms with Crippen molar-refractivity contribution < 1.29 is 9.84 Å². The number of rotatable bonds is 5. The van der Waals surface area contributed by atoms with Crippen molar-refractivity contribution in [3.8, 4) is 11.5 Å². The lowest BCUT2D eigenvalue weighted by atomic mass is 9.98. The van der Waals surface area contributed by atoms with Gasteiger partial charge >= 0.3 is 0 Å². The highest BCUT2D eigenvalue weighted by Crippen LogP contribution is 2.43. The average Bonchev–Trinajstić information content (AvgIpc) is 3.32. The lowest BCUT2D eigenvalue weighted by molar-refractivity contribution is 0.160. The van der Waals surface area contributed by atoms with E-state index in [-0.39, 0.29) is 30.6 Å². The third kappa shape index (κ3) is 5.13. The monoisotopic (exact) mass is 426 g/mol. The summed E-state index contributed by atoms with van der Waals surface area (Å²) in [5, 5.41) is 13.4. The van der Waals surface area contributed by atoms with Crippen LogP contribution in [0.25, 0.3) is 0 Å². The van der Waals surface area contributed by atoms with E-state index >= 15 is 0 Å². The Labute approximate surface area is 158 Å². The first-order valence-electron chi connectivity index (χ1n) is 7.70. The second-order valence-electron chi connectivity index (χ2n) is 6.03. The van der Waals surface area contributed by atoms with Gasteiger partial charge in [-0.25, -0.2) is 0 Å². The highest BCUT2D eigenvalue weighted by molar-refractivity contribution is 9.10. The van der Waals surface area contributed by atoms with E-state index in [4.69, 9.17) is 4.74 Å². The Morgan fingerprint density at radius 1 is 1.30 bits per heavy atom. The standard InChI is InChI=1S/C16H23BrN2O2.2ClH/c1-21-15-10-12(9-13(17)16(15)20)14(8-11-2-3-11)19-6-4-18-5-7-19;;/h9-11,14,18,20H,2-8H2,1H3;2*1H/t14-;;/m1../s1. The van der Waals surface area contributed by atoms with Crippen molar-refractivity contribution in [3.63, 3.8) is 0 Å². The van der Waals surface area contributed by atoms with Crippen molar-refractivity contribution in [2.24, 2.45) is 5.92 Å². The Morgan fingerprint density at radius 3 is 2.52 bits per heavy atom. The Kier molecular flexibility index (Phi) is 8.45. The number of benzene rings is 1. The number of hydrogen-bond acceptors (Lipinski definition) is 4. The van der Waals surface area contributed by atoms with Crippen LogP contribution >= 0.6 is 40.7 Å². The molecule has 1 saturated carbocycles. The van der Waals surface area contributed by atoms with Gasteiger partial charge in [-0.15, -0.1) is 24.8 Å². The SMILES string of the molecule is COc1cc([C@@H](CC2CC2)N2CCNCC2)cc(Br)c1O.Cl.Cl. The second-order valence-corrected chi connectivity index (χ2v) is 6.89. The molecule has 1 aliphatic carbocycles. The normalized spacial score (nSPS) is 19.4. The minimum Gasteiger partial charge on any atom is -0.503 e. The second kappa shape index (κ2) is 9.33. The van der Waals surface area contributed by atoms with Gasteiger partial charge in [0.15, 0.2) is 11.5 Å². The number of hydrogen-bond donors (Lipinski definition) is 2. The van der Waals surface area contributed by atoms with Crippen LogP contribution in [0.3, 0.4) is 0 Å². The molecule has 1 aromatic rings. The molecular formula is C16H25BrCl2N2O2. The minimum atomic E-state index is 0. The maximum atomic E-state index is 10.0. The van der Waals surface area contributed by atoms with Crippen LogP contribution in [0.15, 0.2) is 16.6 Å². The van der Waals surface area contributed by atoms with Gasteiger partial charge in [0.2, 0.25) is 0 Å². The Bertz CT molecular complexity index is 509. The number of piperazine rings is 1. The number of nitrogens with one attached hydrogen (secondary N) is 1. The van der Waals surface area contributed by atoms with E-state index in [1.54, 1.807) is 7.11 Å². The number of nitrogens with zero attached hydrogens (tertiary/aromatic N) is 1. The first-order chi connectivity index (χ1) is 10.2. The number of methoxy groups -OCH3 is 1. The molecule has 2 fully saturated rings. The van der Waals surface area contributed by atoms with Gasteiger partial charge in [-0.1, -0.05) is 12.8 Å². The summed E-state index contributed by atoms with van der Waals surface area (Å²) in [7, 11) is 1.60. The van der Waals surface area contributed by atoms with Gasteiger partial charge in [0.05, 0.1) is 11.6 Å². The minimum absolute atomic E-state index is 0. The molecule has 0 radical (unpaired) electrons. The molecule has 0 aromatic heterocycles. The molecule has 0 spiro atoms. The molecule has 4 nitrogen and oxygen atoms in total. The van der Waals surface area contributed by atoms with Crippen molar-refractivity contribution >= 4 is 40.7 Å². The van der Waals surface area contributed by atoms with Crippen LogP contribution in [0.1, 0.15) is 30.9 Å². The van der Waals surface area contributed by atoms with Gasteiger partial charge in [-0.2, -0.15) is 0 Å². The zero-order valence-electron chi connectivity index (χ0n) is 13.3. The van der Waals surface area contributed by atoms with Gasteiger partial charge in [0.25, 0.3) is 0 Å². The van der Waals surface area contributed by atoms with E-state index in [0.29, 0.717) is 16.3 Å². The molecule has 3 rings (SSSR count). The molecule has 1 heterocycles. The molecular weight excluding hydrogens is 403 g/mol. The van der Waals surface area contributed by atoms with Crippen molar-refractivity contribution in [2.75, 3.05) is 33.3 Å². The van der Waals surface area contributed by atoms with Crippen molar-refractivity contribution in [3.05, 3.63) is 22.2 Å². The van der Waals surface area contributed by atoms with Gasteiger partial charge in [0, 0.05) is 32.2 Å². The average molecular weight is 428 g/mol. The van der Waals surface area contributed by atoms with E-state index < -0.39 is 0 Å². The van der Waals surface area contributed by atoms with E-state index in [9.17, 15) is 5.11 Å². The maximum Gasteiger partial charge on any atom is 0.172 e. The molecule has 1 aliphatic heterocycles. The Morgan fingerprint density at radius 2 is 1.96 bits per heavy atom. The summed E-state index contributed by atoms with van der Waals surface area (Å²) in [6.45, 7) is 4.27. The molecule has 23 heavy (non-hydrogen) atoms. The molecule has 0 unspecified atom stereocenters. The van der Waals surface area contributed by atoms with Crippen LogP contribution in [0.4, 0.5) is 0 Å². The molecule has 7 heteroatoms. The molecule has 1 saturated heterocycles. The number of aromatic hydroxyl groups is 1. The van der Waals surface area contributed by atoms with E-state index in [1.807, 2.05) is 12.1 Å². The van der Waals surface area contributed by atoms with Crippen LogP contribution in [0.5, 0.6) is 11.5 Å². The summed E-state index contributed by atoms with van der Waals surface area (Å²) >= 11 is 3.45. The van der Waals surface area contributed by atoms with E-state index in [0.717, 1.165) is 32.1 Å². The summed E-state index contributed by atoms with van der Waals surface area (Å²) in [6, 6.07) is 4.47. The van der Waals surface area contributed by atoms with Crippen LogP contribution in [0, 0.1) is 5.92 Å². The van der Waals surface area contributed by atoms with E-state index in [2.05, 4.69) is 26.1 Å². The van der Waals surface area contributed by atoms with Crippen LogP contribution in [-0.2, 0) is 0 Å². The van der Waals surface area contributed by atoms with Crippen LogP contribution in [-0.4, -0.2) is 43.3 Å². The maximum absolute atomic E-state index is 10.0. The Hall–Kier alpha value is -0.200. The molecule has 0 bridgehead atoms. The first-order valence-corrected chi connectivity index (χ1v) is 8.49. The lowest BCUT2D eigenvalue weighted by Gasteiger charge is -2.35. The molecule has 1 atom stereocenters. The highest BCUT2D eigenvalue weighted by atomic mass is 79.9. The lowest BCUT2D eigenvalue weighted by Crippen LogP contribution is -2.45.